The molecule has 3 aliphatic rings. The van der Waals surface area contributed by atoms with Gasteiger partial charge in [-0.15, -0.1) is 0 Å². The Balaban J connectivity index is 0.000000104. The van der Waals surface area contributed by atoms with Crippen molar-refractivity contribution in [3.63, 3.8) is 0 Å². The first-order valence-electron chi connectivity index (χ1n) is 42.3. The van der Waals surface area contributed by atoms with Crippen molar-refractivity contribution in [2.45, 2.75) is 0 Å². The zero-order valence-electron chi connectivity index (χ0n) is 67.1. The molecule has 6 nitrogen and oxygen atoms in total. The zero-order valence-corrected chi connectivity index (χ0v) is 67.1. The van der Waals surface area contributed by atoms with Gasteiger partial charge in [0.15, 0.2) is 17.5 Å². The van der Waals surface area contributed by atoms with E-state index >= 15 is 0 Å². The van der Waals surface area contributed by atoms with Crippen molar-refractivity contribution in [1.29, 1.82) is 0 Å². The monoisotopic (exact) mass is 1570 g/mol. The molecule has 6 heteroatoms. The van der Waals surface area contributed by atoms with E-state index in [0.717, 1.165) is 66.5 Å². The van der Waals surface area contributed by atoms with Gasteiger partial charge < -0.3 is 0 Å². The van der Waals surface area contributed by atoms with Gasteiger partial charge in [-0.05, 0) is 252 Å². The summed E-state index contributed by atoms with van der Waals surface area (Å²) in [6, 6.07) is 144. The van der Waals surface area contributed by atoms with Crippen LogP contribution in [0.15, 0.2) is 425 Å². The molecule has 0 bridgehead atoms. The van der Waals surface area contributed by atoms with Crippen molar-refractivity contribution in [3.05, 3.63) is 425 Å². The lowest BCUT2D eigenvalue weighted by Gasteiger charge is -2.13. The Morgan fingerprint density at radius 3 is 1.15 bits per heavy atom. The van der Waals surface area contributed by atoms with Crippen LogP contribution in [0.1, 0.15) is 0 Å². The molecule has 0 unspecified atom stereocenters. The molecule has 0 amide bonds. The Morgan fingerprint density at radius 1 is 0.161 bits per heavy atom. The van der Waals surface area contributed by atoms with Gasteiger partial charge >= 0.3 is 0 Å². The number of aromatic nitrogens is 6. The number of hydrogen-bond donors (Lipinski definition) is 0. The number of rotatable bonds is 8. The number of benzene rings is 20. The molecule has 0 atom stereocenters. The van der Waals surface area contributed by atoms with Gasteiger partial charge in [-0.2, -0.15) is 0 Å². The Kier molecular flexibility index (Phi) is 16.3. The average molecular weight is 1570 g/mol. The van der Waals surface area contributed by atoms with Gasteiger partial charge in [-0.3, -0.25) is 15.0 Å². The summed E-state index contributed by atoms with van der Waals surface area (Å²) in [5, 5.41) is 24.1. The second kappa shape index (κ2) is 28.6. The van der Waals surface area contributed by atoms with E-state index in [9.17, 15) is 0 Å². The van der Waals surface area contributed by atoms with Crippen molar-refractivity contribution < 1.29 is 0 Å². The second-order valence-electron chi connectivity index (χ2n) is 32.6. The van der Waals surface area contributed by atoms with E-state index in [2.05, 4.69) is 339 Å². The maximum atomic E-state index is 5.01. The minimum atomic E-state index is 0.673. The van der Waals surface area contributed by atoms with Crippen LogP contribution in [0.4, 0.5) is 0 Å². The first kappa shape index (κ1) is 70.5. The van der Waals surface area contributed by atoms with Crippen LogP contribution in [0.2, 0.25) is 0 Å². The first-order chi connectivity index (χ1) is 61.5. The second-order valence-corrected chi connectivity index (χ2v) is 32.6. The summed E-state index contributed by atoms with van der Waals surface area (Å²) in [6.07, 6.45) is 7.76. The predicted octanol–water partition coefficient (Wildman–Crippen LogP) is 31.2. The van der Waals surface area contributed by atoms with E-state index in [4.69, 9.17) is 24.9 Å². The summed E-state index contributed by atoms with van der Waals surface area (Å²) in [5.74, 6) is 2.03. The zero-order chi connectivity index (χ0) is 81.5. The number of hydrogen-bond acceptors (Lipinski definition) is 6. The fraction of sp³-hybridized carbons (Fsp3) is 0. The van der Waals surface area contributed by atoms with Crippen LogP contribution in [0.5, 0.6) is 0 Å². The summed E-state index contributed by atoms with van der Waals surface area (Å²) in [6.45, 7) is 0. The van der Waals surface area contributed by atoms with Crippen LogP contribution in [-0.2, 0) is 0 Å². The predicted molar refractivity (Wildman–Crippen MR) is 518 cm³/mol. The average Bonchev–Trinajstić information content (AvgIpc) is 1.54. The highest BCUT2D eigenvalue weighted by Crippen LogP contribution is 2.57. The van der Waals surface area contributed by atoms with Crippen LogP contribution in [-0.4, -0.2) is 29.9 Å². The molecule has 4 aromatic heterocycles. The first-order valence-corrected chi connectivity index (χ1v) is 42.3. The smallest absolute Gasteiger partial charge is 0.164 e. The Morgan fingerprint density at radius 2 is 0.548 bits per heavy atom. The summed E-state index contributed by atoms with van der Waals surface area (Å²) in [7, 11) is 0. The van der Waals surface area contributed by atoms with E-state index in [1.54, 1.807) is 0 Å². The lowest BCUT2D eigenvalue weighted by Crippen LogP contribution is -2.00. The van der Waals surface area contributed by atoms with Crippen molar-refractivity contribution >= 4 is 108 Å². The Bertz CT molecular complexity index is 8500. The lowest BCUT2D eigenvalue weighted by atomic mass is 9.90. The van der Waals surface area contributed by atoms with Crippen molar-refractivity contribution in [2.24, 2.45) is 0 Å². The third-order valence-electron chi connectivity index (χ3n) is 25.8. The standard InChI is InChI=1S/C49H29N.C35H21N3.C34H20N2/c1-2-9-31-24-32(17-16-30(31)8-1)33-18-19-35-26-36(21-20-34(35)25-33)37-27-38(29-50-28-37)39-22-23-46-47-42(39)14-7-15-45(47)48-43-12-5-3-10-40(43)41-11-4-6-13-44(41)49(46)48;1-3-11-23(12-4-1)33-36-34(24-13-5-2-6-14-24)38-35(37-33)29-21-20-28-27-19-18-22-10-7-8-15-25(22)31(27)30-17-9-16-26(29)32(28)30;1-2-7-25-21(5-1)12-13-28-29-15-14-26(27-8-3-9-30(33(25)28)34(27)29)32-20-24(16-18-36-32)23-11-10-22-6-4-17-35-31(22)19-23/h1-29H;1-21H;1-20H. The van der Waals surface area contributed by atoms with Crippen LogP contribution < -0.4 is 0 Å². The number of pyridine rings is 3. The third kappa shape index (κ3) is 11.5. The van der Waals surface area contributed by atoms with Gasteiger partial charge in [-0.1, -0.05) is 346 Å². The third-order valence-corrected chi connectivity index (χ3v) is 25.8. The van der Waals surface area contributed by atoms with Crippen LogP contribution in [0.25, 0.3) is 265 Å². The highest BCUT2D eigenvalue weighted by Gasteiger charge is 2.31. The lowest BCUT2D eigenvalue weighted by molar-refractivity contribution is 1.08. The van der Waals surface area contributed by atoms with Crippen molar-refractivity contribution in [3.8, 4) is 157 Å². The van der Waals surface area contributed by atoms with Gasteiger partial charge in [-0.25, -0.2) is 15.0 Å². The largest absolute Gasteiger partial charge is 0.263 e. The number of fused-ring (bicyclic) bond motifs is 21. The highest BCUT2D eigenvalue weighted by molar-refractivity contribution is 6.32. The molecule has 27 rings (SSSR count). The minimum Gasteiger partial charge on any atom is -0.263 e. The highest BCUT2D eigenvalue weighted by atomic mass is 15.0. The summed E-state index contributed by atoms with van der Waals surface area (Å²) in [4.78, 5) is 29.0. The fourth-order valence-electron chi connectivity index (χ4n) is 20.1. The maximum absolute atomic E-state index is 5.01. The molecule has 4 heterocycles. The van der Waals surface area contributed by atoms with Crippen LogP contribution >= 0.6 is 0 Å². The van der Waals surface area contributed by atoms with E-state index in [0.29, 0.717) is 17.5 Å². The summed E-state index contributed by atoms with van der Waals surface area (Å²) < 4.78 is 0. The number of nitrogens with zero attached hydrogens (tertiary/aromatic N) is 6. The van der Waals surface area contributed by atoms with E-state index < -0.39 is 0 Å². The van der Waals surface area contributed by atoms with E-state index in [-0.39, 0.29) is 0 Å². The van der Waals surface area contributed by atoms with E-state index in [1.165, 1.54) is 181 Å². The topological polar surface area (TPSA) is 77.3 Å². The molecule has 20 aromatic carbocycles. The van der Waals surface area contributed by atoms with Gasteiger partial charge in [0.25, 0.3) is 0 Å². The molecule has 0 fully saturated rings. The molecule has 24 aromatic rings. The molecule has 0 N–H and O–H groups in total. The Labute approximate surface area is 714 Å². The molecule has 572 valence electrons. The Hall–Kier alpha value is -16.5. The normalized spacial score (nSPS) is 11.9. The fourth-order valence-corrected chi connectivity index (χ4v) is 20.1. The molecule has 124 heavy (non-hydrogen) atoms. The van der Waals surface area contributed by atoms with Gasteiger partial charge in [0.05, 0.1) is 11.2 Å². The van der Waals surface area contributed by atoms with E-state index in [1.807, 2.05) is 91.5 Å². The molecule has 0 radical (unpaired) electrons. The summed E-state index contributed by atoms with van der Waals surface area (Å²) >= 11 is 0. The van der Waals surface area contributed by atoms with Crippen LogP contribution in [0, 0.1) is 0 Å². The maximum Gasteiger partial charge on any atom is 0.164 e. The summed E-state index contributed by atoms with van der Waals surface area (Å²) in [5.41, 5.74) is 31.2. The molecule has 3 aliphatic carbocycles. The van der Waals surface area contributed by atoms with Gasteiger partial charge in [0.1, 0.15) is 0 Å². The molecule has 0 saturated heterocycles. The van der Waals surface area contributed by atoms with Gasteiger partial charge in [0, 0.05) is 63.6 Å². The molecule has 0 spiro atoms. The van der Waals surface area contributed by atoms with Gasteiger partial charge in [0.2, 0.25) is 0 Å². The molecule has 0 aliphatic heterocycles. The molecular weight excluding hydrogens is 1500 g/mol. The molecule has 0 saturated carbocycles. The SMILES string of the molecule is c1ccc(-c2nc(-c3ccccc3)nc(-c3ccc4c5c(cccc35)-c3c-4ccc4ccccc34)n2)cc1.c1ccc2cc(-c3ccc4cc(-c5cncc(-c6ccc7c8c(cccc68)-c6c-7c7ccccc7c7ccccc67)c5)ccc4c3)ccc2c1.c1cnc2cc(-c3ccnc(-c4ccc5c6c(cccc46)-c4c-5ccc5ccccc45)c3)ccc2c1. The van der Waals surface area contributed by atoms with Crippen molar-refractivity contribution in [2.75, 3.05) is 0 Å². The molecular formula is C118H70N6. The van der Waals surface area contributed by atoms with Crippen molar-refractivity contribution in [1.82, 2.24) is 29.9 Å². The van der Waals surface area contributed by atoms with Crippen LogP contribution in [0.3, 0.4) is 0 Å². The minimum absolute atomic E-state index is 0.673. The quantitative estimate of drug-likeness (QED) is 0.141.